The van der Waals surface area contributed by atoms with Crippen molar-refractivity contribution in [2.45, 2.75) is 18.9 Å². The molecular weight excluding hydrogens is 364 g/mol. The molecule has 4 nitrogen and oxygen atoms in total. The van der Waals surface area contributed by atoms with E-state index < -0.39 is 0 Å². The molecule has 28 heavy (non-hydrogen) atoms. The third-order valence-electron chi connectivity index (χ3n) is 5.09. The van der Waals surface area contributed by atoms with Crippen LogP contribution in [0, 0.1) is 34.5 Å². The summed E-state index contributed by atoms with van der Waals surface area (Å²) in [5.41, 5.74) is 1.90. The van der Waals surface area contributed by atoms with Gasteiger partial charge in [0.1, 0.15) is 0 Å². The summed E-state index contributed by atoms with van der Waals surface area (Å²) in [5.74, 6) is 1.86. The first kappa shape index (κ1) is 19.7. The fourth-order valence-corrected chi connectivity index (χ4v) is 4.43. The van der Waals surface area contributed by atoms with E-state index in [0.717, 1.165) is 16.3 Å². The van der Waals surface area contributed by atoms with Crippen molar-refractivity contribution >= 4 is 11.3 Å². The molecular formula is C23H24N4S. The van der Waals surface area contributed by atoms with Crippen molar-refractivity contribution in [1.82, 2.24) is 10.2 Å². The lowest BCUT2D eigenvalue weighted by Gasteiger charge is -2.29. The summed E-state index contributed by atoms with van der Waals surface area (Å²) < 4.78 is 0. The monoisotopic (exact) mass is 388 g/mol. The average molecular weight is 389 g/mol. The van der Waals surface area contributed by atoms with Crippen molar-refractivity contribution in [3.8, 4) is 22.6 Å². The standard InChI is InChI=1S/C23H24N4S/c1-5-20(18-6-7-18)23(26-15(2)27(3)4)22-9-8-21(28-22)19-11-16(13-24)10-17(12-19)14-25/h5,8-12,18,20,23,26H,1-2,6-7H2,3-4H3. The van der Waals surface area contributed by atoms with Crippen molar-refractivity contribution in [1.29, 1.82) is 10.5 Å². The minimum absolute atomic E-state index is 0.105. The molecule has 1 saturated carbocycles. The van der Waals surface area contributed by atoms with Gasteiger partial charge in [0.25, 0.3) is 0 Å². The Balaban J connectivity index is 1.96. The molecule has 142 valence electrons. The summed E-state index contributed by atoms with van der Waals surface area (Å²) in [7, 11) is 3.95. The first-order chi connectivity index (χ1) is 13.5. The Bertz CT molecular complexity index is 937. The summed E-state index contributed by atoms with van der Waals surface area (Å²) in [6.07, 6.45) is 4.52. The molecule has 0 radical (unpaired) electrons. The van der Waals surface area contributed by atoms with E-state index in [9.17, 15) is 10.5 Å². The van der Waals surface area contributed by atoms with Gasteiger partial charge in [-0.1, -0.05) is 12.7 Å². The maximum atomic E-state index is 9.25. The molecule has 1 aromatic heterocycles. The predicted octanol–water partition coefficient (Wildman–Crippen LogP) is 5.03. The van der Waals surface area contributed by atoms with Crippen molar-refractivity contribution < 1.29 is 0 Å². The molecule has 0 saturated heterocycles. The Morgan fingerprint density at radius 3 is 2.36 bits per heavy atom. The molecule has 2 unspecified atom stereocenters. The van der Waals surface area contributed by atoms with E-state index in [1.54, 1.807) is 17.4 Å². The normalized spacial score (nSPS) is 15.0. The number of rotatable bonds is 8. The van der Waals surface area contributed by atoms with Gasteiger partial charge < -0.3 is 10.2 Å². The minimum atomic E-state index is 0.105. The van der Waals surface area contributed by atoms with E-state index in [1.807, 2.05) is 31.1 Å². The van der Waals surface area contributed by atoms with Crippen LogP contribution in [0.1, 0.15) is 34.9 Å². The fraction of sp³-hybridized carbons (Fsp3) is 0.304. The van der Waals surface area contributed by atoms with Crippen molar-refractivity contribution in [2.24, 2.45) is 11.8 Å². The van der Waals surface area contributed by atoms with E-state index in [4.69, 9.17) is 0 Å². The SMILES string of the molecule is C=CC(C1CC1)C(NC(=C)N(C)C)c1ccc(-c2cc(C#N)cc(C#N)c2)s1. The molecule has 5 heteroatoms. The lowest BCUT2D eigenvalue weighted by molar-refractivity contribution is 0.363. The van der Waals surface area contributed by atoms with Gasteiger partial charge in [0, 0.05) is 29.8 Å². The maximum absolute atomic E-state index is 9.25. The molecule has 2 atom stereocenters. The zero-order chi connectivity index (χ0) is 20.3. The third-order valence-corrected chi connectivity index (χ3v) is 6.31. The molecule has 1 fully saturated rings. The second-order valence-corrected chi connectivity index (χ2v) is 8.45. The fourth-order valence-electron chi connectivity index (χ4n) is 3.32. The van der Waals surface area contributed by atoms with Gasteiger partial charge in [-0.05, 0) is 54.7 Å². The summed E-state index contributed by atoms with van der Waals surface area (Å²) >= 11 is 1.69. The highest BCUT2D eigenvalue weighted by atomic mass is 32.1. The molecule has 0 aliphatic heterocycles. The van der Waals surface area contributed by atoms with E-state index in [-0.39, 0.29) is 6.04 Å². The highest BCUT2D eigenvalue weighted by Crippen LogP contribution is 2.46. The Morgan fingerprint density at radius 1 is 1.21 bits per heavy atom. The van der Waals surface area contributed by atoms with Crippen LogP contribution in [0.25, 0.3) is 10.4 Å². The largest absolute Gasteiger partial charge is 0.365 e. The molecule has 3 rings (SSSR count). The second-order valence-electron chi connectivity index (χ2n) is 7.34. The molecule has 2 aromatic rings. The van der Waals surface area contributed by atoms with Gasteiger partial charge in [-0.2, -0.15) is 10.5 Å². The van der Waals surface area contributed by atoms with Crippen LogP contribution in [-0.4, -0.2) is 19.0 Å². The number of thiophene rings is 1. The van der Waals surface area contributed by atoms with E-state index in [0.29, 0.717) is 23.0 Å². The lowest BCUT2D eigenvalue weighted by atomic mass is 9.93. The van der Waals surface area contributed by atoms with Gasteiger partial charge in [0.05, 0.1) is 35.1 Å². The molecule has 0 bridgehead atoms. The van der Waals surface area contributed by atoms with Crippen LogP contribution in [0.2, 0.25) is 0 Å². The summed E-state index contributed by atoms with van der Waals surface area (Å²) in [6.45, 7) is 8.22. The molecule has 1 heterocycles. The molecule has 1 aliphatic rings. The minimum Gasteiger partial charge on any atom is -0.365 e. The van der Waals surface area contributed by atoms with Gasteiger partial charge in [-0.25, -0.2) is 0 Å². The summed E-state index contributed by atoms with van der Waals surface area (Å²) in [5, 5.41) is 22.1. The van der Waals surface area contributed by atoms with Crippen molar-refractivity contribution in [2.75, 3.05) is 14.1 Å². The van der Waals surface area contributed by atoms with Gasteiger partial charge in [0.2, 0.25) is 0 Å². The Labute approximate surface area is 171 Å². The summed E-state index contributed by atoms with van der Waals surface area (Å²) in [4.78, 5) is 4.23. The van der Waals surface area contributed by atoms with E-state index in [1.165, 1.54) is 17.7 Å². The average Bonchev–Trinajstić information content (AvgIpc) is 3.42. The predicted molar refractivity (Wildman–Crippen MR) is 114 cm³/mol. The quantitative estimate of drug-likeness (QED) is 0.644. The van der Waals surface area contributed by atoms with Crippen LogP contribution < -0.4 is 5.32 Å². The Hall–Kier alpha value is -3.02. The number of nitriles is 2. The van der Waals surface area contributed by atoms with E-state index in [2.05, 4.69) is 48.8 Å². The zero-order valence-corrected chi connectivity index (χ0v) is 17.1. The van der Waals surface area contributed by atoms with Gasteiger partial charge in [-0.15, -0.1) is 17.9 Å². The van der Waals surface area contributed by atoms with E-state index >= 15 is 0 Å². The van der Waals surface area contributed by atoms with Crippen LogP contribution in [0.4, 0.5) is 0 Å². The smallest absolute Gasteiger partial charge is 0.0992 e. The van der Waals surface area contributed by atoms with Gasteiger partial charge in [-0.3, -0.25) is 0 Å². The molecule has 0 amide bonds. The van der Waals surface area contributed by atoms with Crippen LogP contribution in [0.5, 0.6) is 0 Å². The maximum Gasteiger partial charge on any atom is 0.0992 e. The number of nitrogens with one attached hydrogen (secondary N) is 1. The third kappa shape index (κ3) is 4.27. The van der Waals surface area contributed by atoms with Crippen molar-refractivity contribution in [3.05, 3.63) is 71.4 Å². The highest BCUT2D eigenvalue weighted by Gasteiger charge is 2.36. The second kappa shape index (κ2) is 8.33. The lowest BCUT2D eigenvalue weighted by Crippen LogP contribution is -2.32. The Kier molecular flexibility index (Phi) is 5.87. The van der Waals surface area contributed by atoms with Gasteiger partial charge >= 0.3 is 0 Å². The molecule has 0 spiro atoms. The molecule has 1 aliphatic carbocycles. The van der Waals surface area contributed by atoms with Gasteiger partial charge in [0.15, 0.2) is 0 Å². The van der Waals surface area contributed by atoms with Crippen molar-refractivity contribution in [3.63, 3.8) is 0 Å². The first-order valence-electron chi connectivity index (χ1n) is 9.27. The Morgan fingerprint density at radius 2 is 1.86 bits per heavy atom. The van der Waals surface area contributed by atoms with Crippen LogP contribution in [0.3, 0.4) is 0 Å². The van der Waals surface area contributed by atoms with Crippen LogP contribution >= 0.6 is 11.3 Å². The summed E-state index contributed by atoms with van der Waals surface area (Å²) in [6, 6.07) is 13.9. The number of hydrogen-bond donors (Lipinski definition) is 1. The zero-order valence-electron chi connectivity index (χ0n) is 16.3. The first-order valence-corrected chi connectivity index (χ1v) is 10.1. The topological polar surface area (TPSA) is 62.9 Å². The van der Waals surface area contributed by atoms with Crippen LogP contribution in [0.15, 0.2) is 55.4 Å². The number of nitrogens with zero attached hydrogens (tertiary/aromatic N) is 3. The highest BCUT2D eigenvalue weighted by molar-refractivity contribution is 7.15. The molecule has 1 aromatic carbocycles. The molecule has 1 N–H and O–H groups in total. The van der Waals surface area contributed by atoms with Crippen LogP contribution in [-0.2, 0) is 0 Å². The number of benzene rings is 1. The number of hydrogen-bond acceptors (Lipinski definition) is 5.